The zero-order valence-electron chi connectivity index (χ0n) is 12.8. The van der Waals surface area contributed by atoms with Crippen molar-refractivity contribution >= 4 is 22.4 Å². The molecule has 2 aromatic heterocycles. The number of aromatic nitrogens is 1. The van der Waals surface area contributed by atoms with Crippen LogP contribution in [0.4, 0.5) is 22.7 Å². The number of benzene rings is 1. The molecule has 1 N–H and O–H groups in total. The second-order valence-corrected chi connectivity index (χ2v) is 5.86. The molecule has 26 heavy (non-hydrogen) atoms. The van der Waals surface area contributed by atoms with Crippen molar-refractivity contribution in [2.24, 2.45) is 0 Å². The second kappa shape index (κ2) is 7.16. The fourth-order valence-corrected chi connectivity index (χ4v) is 2.60. The van der Waals surface area contributed by atoms with E-state index in [9.17, 15) is 22.4 Å². The monoisotopic (exact) mass is 386 g/mol. The lowest BCUT2D eigenvalue weighted by molar-refractivity contribution is -0.140. The molecular formula is C16H10F4N2O3S. The summed E-state index contributed by atoms with van der Waals surface area (Å²) in [6, 6.07) is 8.19. The van der Waals surface area contributed by atoms with Crippen molar-refractivity contribution < 1.29 is 31.5 Å². The van der Waals surface area contributed by atoms with Crippen molar-refractivity contribution in [3.63, 3.8) is 0 Å². The Morgan fingerprint density at radius 3 is 2.58 bits per heavy atom. The zero-order valence-corrected chi connectivity index (χ0v) is 13.7. The Labute approximate surface area is 148 Å². The lowest BCUT2D eigenvalue weighted by atomic mass is 10.3. The molecule has 3 aromatic rings. The summed E-state index contributed by atoms with van der Waals surface area (Å²) in [7, 11) is 0. The van der Waals surface area contributed by atoms with Gasteiger partial charge in [-0.15, -0.1) is 11.3 Å². The van der Waals surface area contributed by atoms with Crippen molar-refractivity contribution in [2.75, 3.05) is 5.32 Å². The van der Waals surface area contributed by atoms with Gasteiger partial charge in [0.25, 0.3) is 5.91 Å². The summed E-state index contributed by atoms with van der Waals surface area (Å²) in [6.07, 6.45) is -4.57. The van der Waals surface area contributed by atoms with E-state index in [-0.39, 0.29) is 17.5 Å². The van der Waals surface area contributed by atoms with E-state index in [0.717, 1.165) is 5.38 Å². The van der Waals surface area contributed by atoms with Crippen LogP contribution in [0.1, 0.15) is 22.0 Å². The van der Waals surface area contributed by atoms with Crippen molar-refractivity contribution in [2.45, 2.75) is 12.8 Å². The van der Waals surface area contributed by atoms with Crippen LogP contribution >= 0.6 is 11.3 Å². The largest absolute Gasteiger partial charge is 0.486 e. The van der Waals surface area contributed by atoms with Crippen LogP contribution in [-0.2, 0) is 12.8 Å². The van der Waals surface area contributed by atoms with Gasteiger partial charge in [0, 0.05) is 5.38 Å². The number of amides is 1. The first-order valence-corrected chi connectivity index (χ1v) is 8.00. The fourth-order valence-electron chi connectivity index (χ4n) is 1.88. The predicted octanol–water partition coefficient (Wildman–Crippen LogP) is 4.73. The first kappa shape index (κ1) is 17.9. The molecule has 0 radical (unpaired) electrons. The highest BCUT2D eigenvalue weighted by Crippen LogP contribution is 2.31. The van der Waals surface area contributed by atoms with Crippen LogP contribution in [0.15, 0.2) is 46.2 Å². The number of hydrogen-bond donors (Lipinski definition) is 1. The van der Waals surface area contributed by atoms with Crippen LogP contribution in [0.3, 0.4) is 0 Å². The van der Waals surface area contributed by atoms with Gasteiger partial charge in [0.05, 0.1) is 0 Å². The van der Waals surface area contributed by atoms with E-state index in [1.807, 2.05) is 0 Å². The highest BCUT2D eigenvalue weighted by Gasteiger charge is 2.34. The van der Waals surface area contributed by atoms with Gasteiger partial charge in [-0.3, -0.25) is 10.1 Å². The number of alkyl halides is 3. The molecule has 2 heterocycles. The molecule has 5 nitrogen and oxygen atoms in total. The molecule has 0 fully saturated rings. The lowest BCUT2D eigenvalue weighted by Crippen LogP contribution is -2.12. The normalized spacial score (nSPS) is 11.4. The minimum atomic E-state index is -4.57. The number of furan rings is 1. The summed E-state index contributed by atoms with van der Waals surface area (Å²) in [4.78, 5) is 15.3. The molecule has 0 bridgehead atoms. The number of thiazole rings is 1. The van der Waals surface area contributed by atoms with E-state index in [4.69, 9.17) is 9.15 Å². The van der Waals surface area contributed by atoms with Gasteiger partial charge in [-0.25, -0.2) is 9.37 Å². The fraction of sp³-hybridized carbons (Fsp3) is 0.125. The van der Waals surface area contributed by atoms with Gasteiger partial charge < -0.3 is 9.15 Å². The minimum absolute atomic E-state index is 0.00557. The Morgan fingerprint density at radius 1 is 1.19 bits per heavy atom. The molecule has 0 saturated carbocycles. The molecule has 0 spiro atoms. The number of carbonyl (C=O) groups excluding carboxylic acids is 1. The molecule has 0 aliphatic heterocycles. The minimum Gasteiger partial charge on any atom is -0.486 e. The molecule has 10 heteroatoms. The highest BCUT2D eigenvalue weighted by atomic mass is 32.1. The van der Waals surface area contributed by atoms with Gasteiger partial charge in [0.2, 0.25) is 0 Å². The molecule has 0 saturated heterocycles. The summed E-state index contributed by atoms with van der Waals surface area (Å²) in [5.74, 6) is -0.511. The quantitative estimate of drug-likeness (QED) is 0.644. The maximum atomic E-state index is 12.8. The number of rotatable bonds is 5. The Balaban J connectivity index is 1.59. The van der Waals surface area contributed by atoms with Crippen LogP contribution in [0.2, 0.25) is 0 Å². The van der Waals surface area contributed by atoms with Crippen LogP contribution in [0.5, 0.6) is 5.75 Å². The number of ether oxygens (including phenoxy) is 1. The topological polar surface area (TPSA) is 64.4 Å². The standard InChI is InChI=1S/C16H10F4N2O3S/c17-9-1-3-10(4-2-9)24-7-11-5-6-12(25-11)14(23)22-15-21-13(8-26-15)16(18,19)20/h1-6,8H,7H2,(H,21,22,23). The smallest absolute Gasteiger partial charge is 0.434 e. The summed E-state index contributed by atoms with van der Waals surface area (Å²) < 4.78 is 60.9. The Kier molecular flexibility index (Phi) is 4.94. The molecular weight excluding hydrogens is 376 g/mol. The lowest BCUT2D eigenvalue weighted by Gasteiger charge is -2.03. The average molecular weight is 386 g/mol. The molecule has 0 aliphatic rings. The number of nitrogens with one attached hydrogen (secondary N) is 1. The SMILES string of the molecule is O=C(Nc1nc(C(F)(F)F)cs1)c1ccc(COc2ccc(F)cc2)o1. The summed E-state index contributed by atoms with van der Waals surface area (Å²) in [5, 5.41) is 2.85. The third-order valence-corrected chi connectivity index (χ3v) is 3.85. The van der Waals surface area contributed by atoms with E-state index in [1.54, 1.807) is 0 Å². The van der Waals surface area contributed by atoms with Crippen molar-refractivity contribution in [3.05, 3.63) is 64.8 Å². The van der Waals surface area contributed by atoms with Crippen LogP contribution in [0, 0.1) is 5.82 Å². The zero-order chi connectivity index (χ0) is 18.7. The first-order valence-electron chi connectivity index (χ1n) is 7.12. The Hall–Kier alpha value is -2.88. The molecule has 136 valence electrons. The van der Waals surface area contributed by atoms with Gasteiger partial charge in [0.1, 0.15) is 23.9 Å². The predicted molar refractivity (Wildman–Crippen MR) is 84.5 cm³/mol. The molecule has 3 rings (SSSR count). The van der Waals surface area contributed by atoms with Gasteiger partial charge in [0.15, 0.2) is 16.6 Å². The van der Waals surface area contributed by atoms with E-state index in [2.05, 4.69) is 10.3 Å². The molecule has 0 unspecified atom stereocenters. The van der Waals surface area contributed by atoms with Crippen LogP contribution in [-0.4, -0.2) is 10.9 Å². The molecule has 0 aliphatic carbocycles. The molecule has 1 amide bonds. The van der Waals surface area contributed by atoms with Gasteiger partial charge in [-0.05, 0) is 36.4 Å². The van der Waals surface area contributed by atoms with Gasteiger partial charge >= 0.3 is 6.18 Å². The van der Waals surface area contributed by atoms with Crippen LogP contribution < -0.4 is 10.1 Å². The van der Waals surface area contributed by atoms with Crippen molar-refractivity contribution in [1.29, 1.82) is 0 Å². The highest BCUT2D eigenvalue weighted by molar-refractivity contribution is 7.14. The van der Waals surface area contributed by atoms with E-state index >= 15 is 0 Å². The summed E-state index contributed by atoms with van der Waals surface area (Å²) in [6.45, 7) is -0.00557. The molecule has 0 atom stereocenters. The number of halogens is 4. The maximum Gasteiger partial charge on any atom is 0.434 e. The summed E-state index contributed by atoms with van der Waals surface area (Å²) >= 11 is 0.655. The van der Waals surface area contributed by atoms with Crippen molar-refractivity contribution in [1.82, 2.24) is 4.98 Å². The summed E-state index contributed by atoms with van der Waals surface area (Å²) in [5.41, 5.74) is -1.08. The number of hydrogen-bond acceptors (Lipinski definition) is 5. The number of nitrogens with zero attached hydrogens (tertiary/aromatic N) is 1. The molecule has 1 aromatic carbocycles. The Bertz CT molecular complexity index is 903. The first-order chi connectivity index (χ1) is 12.3. The van der Waals surface area contributed by atoms with Gasteiger partial charge in [-0.1, -0.05) is 0 Å². The third kappa shape index (κ3) is 4.39. The van der Waals surface area contributed by atoms with Crippen molar-refractivity contribution in [3.8, 4) is 5.75 Å². The van der Waals surface area contributed by atoms with Gasteiger partial charge in [-0.2, -0.15) is 13.2 Å². The number of carbonyl (C=O) groups is 1. The van der Waals surface area contributed by atoms with E-state index in [0.29, 0.717) is 22.8 Å². The van der Waals surface area contributed by atoms with E-state index in [1.165, 1.54) is 36.4 Å². The van der Waals surface area contributed by atoms with Crippen LogP contribution in [0.25, 0.3) is 0 Å². The van der Waals surface area contributed by atoms with E-state index < -0.39 is 23.6 Å². The third-order valence-electron chi connectivity index (χ3n) is 3.10. The average Bonchev–Trinajstić information content (AvgIpc) is 3.23. The Morgan fingerprint density at radius 2 is 1.92 bits per heavy atom. The second-order valence-electron chi connectivity index (χ2n) is 5.00. The number of anilines is 1. The maximum absolute atomic E-state index is 12.8.